The summed E-state index contributed by atoms with van der Waals surface area (Å²) in [6.45, 7) is 6.81. The van der Waals surface area contributed by atoms with E-state index in [1.807, 2.05) is 13.8 Å². The first kappa shape index (κ1) is 23.9. The monoisotopic (exact) mass is 355 g/mol. The van der Waals surface area contributed by atoms with Crippen molar-refractivity contribution in [2.75, 3.05) is 13.2 Å². The molecule has 1 N–H and O–H groups in total. The van der Waals surface area contributed by atoms with E-state index in [9.17, 15) is 9.59 Å². The fourth-order valence-electron chi connectivity index (χ4n) is 2.69. The van der Waals surface area contributed by atoms with Gasteiger partial charge in [0.25, 0.3) is 0 Å². The standard InChI is InChI=1S/C21H41NO3/c1-4-5-6-7-8-9-10-11-12-13-14-15-18-25-20(23)16-17-22-21(24)19(2)3/h19H,4-18H2,1-3H3,(H,22,24). The number of carbonyl (C=O) groups excluding carboxylic acids is 2. The number of esters is 1. The van der Waals surface area contributed by atoms with Gasteiger partial charge in [0.2, 0.25) is 5.91 Å². The van der Waals surface area contributed by atoms with Crippen LogP contribution in [0.2, 0.25) is 0 Å². The van der Waals surface area contributed by atoms with Crippen LogP contribution in [0.5, 0.6) is 0 Å². The Bertz CT molecular complexity index is 329. The van der Waals surface area contributed by atoms with Crippen LogP contribution in [0.1, 0.15) is 104 Å². The molecule has 0 saturated heterocycles. The second kappa shape index (κ2) is 17.8. The zero-order valence-electron chi connectivity index (χ0n) is 16.9. The van der Waals surface area contributed by atoms with Crippen molar-refractivity contribution in [2.45, 2.75) is 104 Å². The van der Waals surface area contributed by atoms with Crippen molar-refractivity contribution in [2.24, 2.45) is 5.92 Å². The fourth-order valence-corrected chi connectivity index (χ4v) is 2.69. The summed E-state index contributed by atoms with van der Waals surface area (Å²) in [5, 5.41) is 2.72. The molecule has 0 atom stereocenters. The van der Waals surface area contributed by atoms with Crippen molar-refractivity contribution in [3.8, 4) is 0 Å². The Balaban J connectivity index is 3.22. The predicted molar refractivity (Wildman–Crippen MR) is 105 cm³/mol. The highest BCUT2D eigenvalue weighted by molar-refractivity contribution is 5.78. The summed E-state index contributed by atoms with van der Waals surface area (Å²) in [5.41, 5.74) is 0. The van der Waals surface area contributed by atoms with Crippen molar-refractivity contribution in [3.63, 3.8) is 0 Å². The molecule has 0 fully saturated rings. The first-order chi connectivity index (χ1) is 12.1. The molecular formula is C21H41NO3. The lowest BCUT2D eigenvalue weighted by Crippen LogP contribution is -2.30. The molecule has 0 aromatic heterocycles. The van der Waals surface area contributed by atoms with Gasteiger partial charge in [0.05, 0.1) is 13.0 Å². The number of hydrogen-bond donors (Lipinski definition) is 1. The molecule has 25 heavy (non-hydrogen) atoms. The molecule has 4 nitrogen and oxygen atoms in total. The SMILES string of the molecule is CCCCCCCCCCCCCCOC(=O)CCNC(=O)C(C)C. The molecular weight excluding hydrogens is 314 g/mol. The van der Waals surface area contributed by atoms with Gasteiger partial charge in [-0.3, -0.25) is 9.59 Å². The van der Waals surface area contributed by atoms with Crippen molar-refractivity contribution in [1.29, 1.82) is 0 Å². The largest absolute Gasteiger partial charge is 0.466 e. The number of carbonyl (C=O) groups is 2. The lowest BCUT2D eigenvalue weighted by atomic mass is 10.1. The van der Waals surface area contributed by atoms with Gasteiger partial charge in [0, 0.05) is 12.5 Å². The van der Waals surface area contributed by atoms with E-state index in [2.05, 4.69) is 12.2 Å². The molecule has 0 heterocycles. The van der Waals surface area contributed by atoms with Crippen LogP contribution in [-0.4, -0.2) is 25.0 Å². The van der Waals surface area contributed by atoms with E-state index < -0.39 is 0 Å². The molecule has 0 radical (unpaired) electrons. The van der Waals surface area contributed by atoms with E-state index in [0.29, 0.717) is 13.2 Å². The van der Waals surface area contributed by atoms with Crippen LogP contribution in [0.25, 0.3) is 0 Å². The van der Waals surface area contributed by atoms with Crippen LogP contribution in [0, 0.1) is 5.92 Å². The highest BCUT2D eigenvalue weighted by Crippen LogP contribution is 2.11. The van der Waals surface area contributed by atoms with Gasteiger partial charge >= 0.3 is 5.97 Å². The Morgan fingerprint density at radius 2 is 1.28 bits per heavy atom. The van der Waals surface area contributed by atoms with Crippen molar-refractivity contribution in [3.05, 3.63) is 0 Å². The molecule has 0 aliphatic heterocycles. The highest BCUT2D eigenvalue weighted by atomic mass is 16.5. The van der Waals surface area contributed by atoms with Crippen molar-refractivity contribution >= 4 is 11.9 Å². The Hall–Kier alpha value is -1.06. The minimum atomic E-state index is -0.216. The summed E-state index contributed by atoms with van der Waals surface area (Å²) >= 11 is 0. The third kappa shape index (κ3) is 17.6. The van der Waals surface area contributed by atoms with Gasteiger partial charge in [-0.2, -0.15) is 0 Å². The topological polar surface area (TPSA) is 55.4 Å². The third-order valence-electron chi connectivity index (χ3n) is 4.41. The Kier molecular flexibility index (Phi) is 17.0. The maximum atomic E-state index is 11.5. The average Bonchev–Trinajstić information content (AvgIpc) is 2.58. The first-order valence-corrected chi connectivity index (χ1v) is 10.5. The minimum Gasteiger partial charge on any atom is -0.466 e. The molecule has 0 rings (SSSR count). The van der Waals surface area contributed by atoms with E-state index >= 15 is 0 Å². The smallest absolute Gasteiger partial charge is 0.307 e. The zero-order valence-corrected chi connectivity index (χ0v) is 16.9. The molecule has 0 aliphatic carbocycles. The summed E-state index contributed by atoms with van der Waals surface area (Å²) in [7, 11) is 0. The van der Waals surface area contributed by atoms with E-state index in [1.165, 1.54) is 64.2 Å². The number of hydrogen-bond acceptors (Lipinski definition) is 3. The molecule has 0 unspecified atom stereocenters. The van der Waals surface area contributed by atoms with Gasteiger partial charge in [-0.05, 0) is 6.42 Å². The van der Waals surface area contributed by atoms with E-state index in [4.69, 9.17) is 4.74 Å². The van der Waals surface area contributed by atoms with Crippen LogP contribution >= 0.6 is 0 Å². The number of ether oxygens (including phenoxy) is 1. The van der Waals surface area contributed by atoms with Crippen LogP contribution in [-0.2, 0) is 14.3 Å². The molecule has 4 heteroatoms. The fraction of sp³-hybridized carbons (Fsp3) is 0.905. The lowest BCUT2D eigenvalue weighted by Gasteiger charge is -2.08. The van der Waals surface area contributed by atoms with Crippen LogP contribution in [0.15, 0.2) is 0 Å². The van der Waals surface area contributed by atoms with Crippen LogP contribution in [0.3, 0.4) is 0 Å². The molecule has 0 spiro atoms. The summed E-state index contributed by atoms with van der Waals surface area (Å²) < 4.78 is 5.19. The molecule has 148 valence electrons. The first-order valence-electron chi connectivity index (χ1n) is 10.5. The van der Waals surface area contributed by atoms with E-state index in [1.54, 1.807) is 0 Å². The maximum absolute atomic E-state index is 11.5. The van der Waals surface area contributed by atoms with Gasteiger partial charge < -0.3 is 10.1 Å². The summed E-state index contributed by atoms with van der Waals surface area (Å²) in [4.78, 5) is 22.9. The molecule has 1 amide bonds. The van der Waals surface area contributed by atoms with Gasteiger partial charge in [-0.25, -0.2) is 0 Å². The Morgan fingerprint density at radius 1 is 0.800 bits per heavy atom. The quantitative estimate of drug-likeness (QED) is 0.281. The zero-order chi connectivity index (χ0) is 18.8. The van der Waals surface area contributed by atoms with Crippen molar-refractivity contribution in [1.82, 2.24) is 5.32 Å². The van der Waals surface area contributed by atoms with E-state index in [0.717, 1.165) is 12.8 Å². The van der Waals surface area contributed by atoms with Crippen molar-refractivity contribution < 1.29 is 14.3 Å². The molecule has 0 bridgehead atoms. The molecule has 0 aromatic carbocycles. The van der Waals surface area contributed by atoms with Gasteiger partial charge in [0.15, 0.2) is 0 Å². The second-order valence-corrected chi connectivity index (χ2v) is 7.31. The summed E-state index contributed by atoms with van der Waals surface area (Å²) in [6.07, 6.45) is 15.9. The number of nitrogens with one attached hydrogen (secondary N) is 1. The number of unbranched alkanes of at least 4 members (excludes halogenated alkanes) is 11. The van der Waals surface area contributed by atoms with Gasteiger partial charge in [-0.15, -0.1) is 0 Å². The second-order valence-electron chi connectivity index (χ2n) is 7.31. The Labute approximate surface area is 155 Å². The normalized spacial score (nSPS) is 10.9. The van der Waals surface area contributed by atoms with Gasteiger partial charge in [-0.1, -0.05) is 91.4 Å². The third-order valence-corrected chi connectivity index (χ3v) is 4.41. The molecule has 0 aromatic rings. The van der Waals surface area contributed by atoms with E-state index in [-0.39, 0.29) is 24.2 Å². The number of rotatable bonds is 17. The molecule has 0 aliphatic rings. The highest BCUT2D eigenvalue weighted by Gasteiger charge is 2.07. The Morgan fingerprint density at radius 3 is 1.76 bits per heavy atom. The maximum Gasteiger partial charge on any atom is 0.307 e. The van der Waals surface area contributed by atoms with Crippen LogP contribution in [0.4, 0.5) is 0 Å². The lowest BCUT2D eigenvalue weighted by molar-refractivity contribution is -0.143. The predicted octanol–water partition coefficient (Wildman–Crippen LogP) is 5.39. The molecule has 0 saturated carbocycles. The minimum absolute atomic E-state index is 0.0197. The number of amides is 1. The van der Waals surface area contributed by atoms with Crippen LogP contribution < -0.4 is 5.32 Å². The summed E-state index contributed by atoms with van der Waals surface area (Å²) in [5.74, 6) is -0.280. The summed E-state index contributed by atoms with van der Waals surface area (Å²) in [6, 6.07) is 0. The van der Waals surface area contributed by atoms with Gasteiger partial charge in [0.1, 0.15) is 0 Å². The average molecular weight is 356 g/mol.